The summed E-state index contributed by atoms with van der Waals surface area (Å²) in [7, 11) is 0. The fourth-order valence-electron chi connectivity index (χ4n) is 2.54. The largest absolute Gasteiger partial charge is 0.444 e. The SMILES string of the molecule is C=C(C)C(=O)C[C@H](NC(=O)OC(C)(C)C)C(=O)N1CCCC1C(N)=O. The van der Waals surface area contributed by atoms with E-state index in [1.165, 1.54) is 11.8 Å². The highest BCUT2D eigenvalue weighted by Gasteiger charge is 2.37. The van der Waals surface area contributed by atoms with Crippen molar-refractivity contribution in [3.8, 4) is 0 Å². The minimum absolute atomic E-state index is 0.255. The molecule has 1 rings (SSSR count). The second-order valence-electron chi connectivity index (χ2n) is 7.20. The molecule has 0 aliphatic carbocycles. The van der Waals surface area contributed by atoms with E-state index in [2.05, 4.69) is 11.9 Å². The first-order valence-corrected chi connectivity index (χ1v) is 8.20. The molecule has 8 nitrogen and oxygen atoms in total. The third kappa shape index (κ3) is 6.21. The third-order valence-corrected chi connectivity index (χ3v) is 3.72. The molecule has 1 heterocycles. The summed E-state index contributed by atoms with van der Waals surface area (Å²) in [6.45, 7) is 10.5. The lowest BCUT2D eigenvalue weighted by Gasteiger charge is -2.28. The number of allylic oxidation sites excluding steroid dienone is 1. The van der Waals surface area contributed by atoms with Gasteiger partial charge in [-0.1, -0.05) is 6.58 Å². The Labute approximate surface area is 147 Å². The van der Waals surface area contributed by atoms with Crippen LogP contribution in [0.1, 0.15) is 47.0 Å². The van der Waals surface area contributed by atoms with Crippen LogP contribution in [0.25, 0.3) is 0 Å². The number of hydrogen-bond acceptors (Lipinski definition) is 5. The smallest absolute Gasteiger partial charge is 0.408 e. The Morgan fingerprint density at radius 1 is 1.32 bits per heavy atom. The van der Waals surface area contributed by atoms with Gasteiger partial charge in [0.2, 0.25) is 11.8 Å². The molecule has 2 atom stereocenters. The number of alkyl carbamates (subject to hydrolysis) is 1. The van der Waals surface area contributed by atoms with Gasteiger partial charge >= 0.3 is 6.09 Å². The van der Waals surface area contributed by atoms with Gasteiger partial charge in [0.05, 0.1) is 0 Å². The number of hydrogen-bond donors (Lipinski definition) is 2. The maximum absolute atomic E-state index is 12.8. The van der Waals surface area contributed by atoms with Crippen molar-refractivity contribution in [2.45, 2.75) is 64.6 Å². The summed E-state index contributed by atoms with van der Waals surface area (Å²) in [6, 6.07) is -1.87. The number of ether oxygens (including phenoxy) is 1. The Balaban J connectivity index is 2.95. The van der Waals surface area contributed by atoms with E-state index in [0.29, 0.717) is 19.4 Å². The predicted octanol–water partition coefficient (Wildman–Crippen LogP) is 0.891. The van der Waals surface area contributed by atoms with Gasteiger partial charge in [0.25, 0.3) is 0 Å². The van der Waals surface area contributed by atoms with E-state index in [9.17, 15) is 19.2 Å². The Morgan fingerprint density at radius 2 is 1.92 bits per heavy atom. The number of amides is 3. The molecular weight excluding hydrogens is 326 g/mol. The van der Waals surface area contributed by atoms with Gasteiger partial charge < -0.3 is 20.7 Å². The van der Waals surface area contributed by atoms with Gasteiger partial charge in [-0.15, -0.1) is 0 Å². The van der Waals surface area contributed by atoms with Crippen molar-refractivity contribution in [1.29, 1.82) is 0 Å². The highest BCUT2D eigenvalue weighted by molar-refractivity contribution is 6.00. The lowest BCUT2D eigenvalue weighted by molar-refractivity contribution is -0.139. The molecule has 1 fully saturated rings. The topological polar surface area (TPSA) is 119 Å². The molecule has 140 valence electrons. The molecular formula is C17H27N3O5. The summed E-state index contributed by atoms with van der Waals surface area (Å²) < 4.78 is 5.15. The minimum atomic E-state index is -1.14. The van der Waals surface area contributed by atoms with Crippen LogP contribution in [0.3, 0.4) is 0 Å². The first kappa shape index (κ1) is 20.7. The van der Waals surface area contributed by atoms with Crippen molar-refractivity contribution in [2.75, 3.05) is 6.54 Å². The Morgan fingerprint density at radius 3 is 2.40 bits per heavy atom. The molecule has 1 aliphatic heterocycles. The molecule has 0 saturated carbocycles. The van der Waals surface area contributed by atoms with Gasteiger partial charge in [-0.05, 0) is 46.1 Å². The van der Waals surface area contributed by atoms with Crippen molar-refractivity contribution in [3.05, 3.63) is 12.2 Å². The first-order valence-electron chi connectivity index (χ1n) is 8.20. The van der Waals surface area contributed by atoms with Gasteiger partial charge in [0.15, 0.2) is 5.78 Å². The van der Waals surface area contributed by atoms with E-state index in [1.807, 2.05) is 0 Å². The lowest BCUT2D eigenvalue weighted by Crippen LogP contribution is -2.54. The minimum Gasteiger partial charge on any atom is -0.444 e. The highest BCUT2D eigenvalue weighted by Crippen LogP contribution is 2.19. The molecule has 1 aliphatic rings. The summed E-state index contributed by atoms with van der Waals surface area (Å²) in [5.41, 5.74) is 4.86. The summed E-state index contributed by atoms with van der Waals surface area (Å²) in [4.78, 5) is 49.6. The number of primary amides is 1. The Bertz CT molecular complexity index is 579. The number of Topliss-reactive ketones (excluding diaryl/α,β-unsaturated/α-hetero) is 1. The quantitative estimate of drug-likeness (QED) is 0.687. The Kier molecular flexibility index (Phi) is 6.72. The molecule has 0 radical (unpaired) electrons. The number of rotatable bonds is 6. The first-order chi connectivity index (χ1) is 11.4. The van der Waals surface area contributed by atoms with Gasteiger partial charge in [0, 0.05) is 13.0 Å². The molecule has 0 aromatic rings. The van der Waals surface area contributed by atoms with E-state index in [4.69, 9.17) is 10.5 Å². The van der Waals surface area contributed by atoms with E-state index in [-0.39, 0.29) is 17.8 Å². The average Bonchev–Trinajstić information content (AvgIpc) is 2.92. The normalized spacial score (nSPS) is 18.4. The second kappa shape index (κ2) is 8.13. The van der Waals surface area contributed by atoms with Gasteiger partial charge in [-0.2, -0.15) is 0 Å². The molecule has 1 unspecified atom stereocenters. The van der Waals surface area contributed by atoms with Gasteiger partial charge in [0.1, 0.15) is 17.7 Å². The van der Waals surface area contributed by atoms with Crippen LogP contribution in [0.5, 0.6) is 0 Å². The monoisotopic (exact) mass is 353 g/mol. The number of carbonyl (C=O) groups is 4. The Hall–Kier alpha value is -2.38. The van der Waals surface area contributed by atoms with Crippen LogP contribution in [-0.4, -0.2) is 52.8 Å². The van der Waals surface area contributed by atoms with E-state index in [1.54, 1.807) is 20.8 Å². The summed E-state index contributed by atoms with van der Waals surface area (Å²) in [5.74, 6) is -1.49. The van der Waals surface area contributed by atoms with E-state index >= 15 is 0 Å². The van der Waals surface area contributed by atoms with Crippen LogP contribution in [0.2, 0.25) is 0 Å². The number of carbonyl (C=O) groups excluding carboxylic acids is 4. The van der Waals surface area contributed by atoms with Crippen LogP contribution in [0.4, 0.5) is 4.79 Å². The zero-order valence-electron chi connectivity index (χ0n) is 15.3. The van der Waals surface area contributed by atoms with Crippen LogP contribution >= 0.6 is 0 Å². The predicted molar refractivity (Wildman–Crippen MR) is 91.5 cm³/mol. The third-order valence-electron chi connectivity index (χ3n) is 3.72. The molecule has 0 aromatic heterocycles. The summed E-state index contributed by atoms with van der Waals surface area (Å²) >= 11 is 0. The maximum atomic E-state index is 12.8. The fraction of sp³-hybridized carbons (Fsp3) is 0.647. The fourth-order valence-corrected chi connectivity index (χ4v) is 2.54. The molecule has 0 spiro atoms. The molecule has 3 N–H and O–H groups in total. The number of nitrogens with one attached hydrogen (secondary N) is 1. The van der Waals surface area contributed by atoms with Crippen molar-refractivity contribution >= 4 is 23.7 Å². The van der Waals surface area contributed by atoms with Crippen molar-refractivity contribution in [1.82, 2.24) is 10.2 Å². The van der Waals surface area contributed by atoms with Crippen LogP contribution < -0.4 is 11.1 Å². The maximum Gasteiger partial charge on any atom is 0.408 e. The zero-order chi connectivity index (χ0) is 19.4. The van der Waals surface area contributed by atoms with Crippen LogP contribution in [0.15, 0.2) is 12.2 Å². The number of ketones is 1. The number of nitrogens with zero attached hydrogens (tertiary/aromatic N) is 1. The number of likely N-dealkylation sites (tertiary alicyclic amines) is 1. The van der Waals surface area contributed by atoms with E-state index in [0.717, 1.165) is 0 Å². The molecule has 1 saturated heterocycles. The standard InChI is InChI=1S/C17H27N3O5/c1-10(2)13(21)9-11(19-16(24)25-17(3,4)5)15(23)20-8-6-7-12(20)14(18)22/h11-12H,1,6-9H2,2-5H3,(H2,18,22)(H,19,24)/t11-,12?/m0/s1. The van der Waals surface area contributed by atoms with Gasteiger partial charge in [-0.25, -0.2) is 4.79 Å². The average molecular weight is 353 g/mol. The molecule has 3 amide bonds. The molecule has 0 bridgehead atoms. The molecule has 8 heteroatoms. The lowest BCUT2D eigenvalue weighted by atomic mass is 10.0. The van der Waals surface area contributed by atoms with Crippen LogP contribution in [0, 0.1) is 0 Å². The zero-order valence-corrected chi connectivity index (χ0v) is 15.3. The van der Waals surface area contributed by atoms with E-state index < -0.39 is 35.6 Å². The molecule has 25 heavy (non-hydrogen) atoms. The second-order valence-corrected chi connectivity index (χ2v) is 7.20. The van der Waals surface area contributed by atoms with Gasteiger partial charge in [-0.3, -0.25) is 14.4 Å². The van der Waals surface area contributed by atoms with Crippen LogP contribution in [-0.2, 0) is 19.1 Å². The highest BCUT2D eigenvalue weighted by atomic mass is 16.6. The molecule has 0 aromatic carbocycles. The summed E-state index contributed by atoms with van der Waals surface area (Å²) in [6.07, 6.45) is 0.0342. The van der Waals surface area contributed by atoms with Crippen molar-refractivity contribution < 1.29 is 23.9 Å². The summed E-state index contributed by atoms with van der Waals surface area (Å²) in [5, 5.41) is 2.43. The van der Waals surface area contributed by atoms with Crippen molar-refractivity contribution in [3.63, 3.8) is 0 Å². The van der Waals surface area contributed by atoms with Crippen molar-refractivity contribution in [2.24, 2.45) is 5.73 Å². The number of nitrogens with two attached hydrogens (primary N) is 1.